The fourth-order valence-electron chi connectivity index (χ4n) is 2.83. The predicted molar refractivity (Wildman–Crippen MR) is 118 cm³/mol. The van der Waals surface area contributed by atoms with Gasteiger partial charge in [0.25, 0.3) is 5.91 Å². The summed E-state index contributed by atoms with van der Waals surface area (Å²) in [5, 5.41) is 8.65. The van der Waals surface area contributed by atoms with Gasteiger partial charge in [-0.25, -0.2) is 0 Å². The van der Waals surface area contributed by atoms with Crippen LogP contribution in [0.3, 0.4) is 0 Å². The van der Waals surface area contributed by atoms with E-state index < -0.39 is 17.6 Å². The minimum absolute atomic E-state index is 0.0298. The van der Waals surface area contributed by atoms with E-state index in [9.17, 15) is 22.8 Å². The summed E-state index contributed by atoms with van der Waals surface area (Å²) >= 11 is 6.06. The van der Waals surface area contributed by atoms with E-state index in [0.717, 1.165) is 17.7 Å². The first-order valence-corrected chi connectivity index (χ1v) is 9.93. The second-order valence-corrected chi connectivity index (χ2v) is 7.24. The molecule has 0 fully saturated rings. The first-order chi connectivity index (χ1) is 15.2. The zero-order chi connectivity index (χ0) is 23.1. The van der Waals surface area contributed by atoms with Gasteiger partial charge in [0.15, 0.2) is 0 Å². The molecule has 9 heteroatoms. The first kappa shape index (κ1) is 23.1. The van der Waals surface area contributed by atoms with Gasteiger partial charge in [-0.1, -0.05) is 41.9 Å². The number of halogens is 4. The maximum absolute atomic E-state index is 12.8. The van der Waals surface area contributed by atoms with E-state index in [2.05, 4.69) is 16.0 Å². The van der Waals surface area contributed by atoms with Gasteiger partial charge < -0.3 is 16.0 Å². The number of nitrogens with one attached hydrogen (secondary N) is 3. The van der Waals surface area contributed by atoms with Crippen LogP contribution < -0.4 is 16.0 Å². The molecule has 0 radical (unpaired) electrons. The molecule has 3 aromatic rings. The Morgan fingerprint density at radius 3 is 2.34 bits per heavy atom. The van der Waals surface area contributed by atoms with Crippen LogP contribution in [0.2, 0.25) is 5.02 Å². The molecule has 0 spiro atoms. The average Bonchev–Trinajstić information content (AvgIpc) is 2.77. The molecular weight excluding hydrogens is 443 g/mol. The van der Waals surface area contributed by atoms with E-state index >= 15 is 0 Å². The Morgan fingerprint density at radius 2 is 1.59 bits per heavy atom. The van der Waals surface area contributed by atoms with Crippen LogP contribution in [-0.2, 0) is 17.5 Å². The number of amides is 2. The Labute approximate surface area is 187 Å². The lowest BCUT2D eigenvalue weighted by Crippen LogP contribution is -2.29. The van der Waals surface area contributed by atoms with Gasteiger partial charge in [0.05, 0.1) is 12.1 Å². The number of carbonyl (C=O) groups excluding carboxylic acids is 2. The van der Waals surface area contributed by atoms with Crippen LogP contribution in [0.1, 0.15) is 21.5 Å². The van der Waals surface area contributed by atoms with E-state index in [1.54, 1.807) is 24.3 Å². The summed E-state index contributed by atoms with van der Waals surface area (Å²) in [5.41, 5.74) is 0.699. The molecule has 0 aliphatic heterocycles. The first-order valence-electron chi connectivity index (χ1n) is 9.55. The van der Waals surface area contributed by atoms with Crippen molar-refractivity contribution in [3.8, 4) is 0 Å². The zero-order valence-corrected chi connectivity index (χ0v) is 17.4. The third-order valence-corrected chi connectivity index (χ3v) is 4.83. The van der Waals surface area contributed by atoms with Gasteiger partial charge in [0.1, 0.15) is 0 Å². The van der Waals surface area contributed by atoms with Crippen molar-refractivity contribution in [2.24, 2.45) is 0 Å². The highest BCUT2D eigenvalue weighted by atomic mass is 35.5. The van der Waals surface area contributed by atoms with Crippen molar-refractivity contribution in [1.29, 1.82) is 0 Å². The standard InChI is InChI=1S/C23H19ClF3N3O2/c24-20-10-2-1-5-16(20)13-29-21(31)14-28-18-8-3-6-15(11-18)22(32)30-19-9-4-7-17(12-19)23(25,26)27/h1-12,28H,13-14H2,(H,29,31)(H,30,32). The molecule has 3 rings (SSSR count). The molecule has 0 aliphatic carbocycles. The van der Waals surface area contributed by atoms with Gasteiger partial charge in [-0.3, -0.25) is 9.59 Å². The lowest BCUT2D eigenvalue weighted by atomic mass is 10.1. The maximum atomic E-state index is 12.8. The predicted octanol–water partition coefficient (Wildman–Crippen LogP) is 5.34. The van der Waals surface area contributed by atoms with Crippen molar-refractivity contribution in [1.82, 2.24) is 5.32 Å². The Bertz CT molecular complexity index is 1120. The van der Waals surface area contributed by atoms with Gasteiger partial charge in [0.2, 0.25) is 5.91 Å². The normalized spacial score (nSPS) is 11.0. The zero-order valence-electron chi connectivity index (χ0n) is 16.7. The molecule has 0 atom stereocenters. The second kappa shape index (κ2) is 10.2. The summed E-state index contributed by atoms with van der Waals surface area (Å²) in [6.45, 7) is 0.239. The minimum Gasteiger partial charge on any atom is -0.376 e. The molecule has 3 aromatic carbocycles. The lowest BCUT2D eigenvalue weighted by Gasteiger charge is -2.11. The summed E-state index contributed by atoms with van der Waals surface area (Å²) in [6.07, 6.45) is -4.50. The molecule has 32 heavy (non-hydrogen) atoms. The van der Waals surface area contributed by atoms with Crippen molar-refractivity contribution in [3.05, 3.63) is 94.5 Å². The Balaban J connectivity index is 1.56. The van der Waals surface area contributed by atoms with E-state index in [1.165, 1.54) is 24.3 Å². The van der Waals surface area contributed by atoms with Crippen molar-refractivity contribution in [2.45, 2.75) is 12.7 Å². The van der Waals surface area contributed by atoms with E-state index in [0.29, 0.717) is 10.7 Å². The fourth-order valence-corrected chi connectivity index (χ4v) is 3.03. The second-order valence-electron chi connectivity index (χ2n) is 6.84. The van der Waals surface area contributed by atoms with Crippen LogP contribution in [0.25, 0.3) is 0 Å². The molecule has 0 saturated carbocycles. The van der Waals surface area contributed by atoms with Crippen LogP contribution in [-0.4, -0.2) is 18.4 Å². The Kier molecular flexibility index (Phi) is 7.37. The molecule has 0 unspecified atom stereocenters. The molecule has 0 aromatic heterocycles. The molecule has 0 aliphatic rings. The number of alkyl halides is 3. The van der Waals surface area contributed by atoms with Crippen molar-refractivity contribution >= 4 is 34.8 Å². The van der Waals surface area contributed by atoms with Crippen LogP contribution in [0.4, 0.5) is 24.5 Å². The monoisotopic (exact) mass is 461 g/mol. The molecule has 5 nitrogen and oxygen atoms in total. The van der Waals surface area contributed by atoms with Crippen LogP contribution in [0.15, 0.2) is 72.8 Å². The number of hydrogen-bond acceptors (Lipinski definition) is 3. The molecule has 2 amide bonds. The van der Waals surface area contributed by atoms with E-state index in [1.807, 2.05) is 12.1 Å². The summed E-state index contributed by atoms with van der Waals surface area (Å²) in [5.74, 6) is -0.847. The van der Waals surface area contributed by atoms with Crippen molar-refractivity contribution in [3.63, 3.8) is 0 Å². The number of hydrogen-bond donors (Lipinski definition) is 3. The highest BCUT2D eigenvalue weighted by Crippen LogP contribution is 2.30. The summed E-state index contributed by atoms with van der Waals surface area (Å²) < 4.78 is 38.5. The molecule has 0 heterocycles. The summed E-state index contributed by atoms with van der Waals surface area (Å²) in [4.78, 5) is 24.5. The van der Waals surface area contributed by atoms with Gasteiger partial charge in [0, 0.05) is 28.5 Å². The SMILES string of the molecule is O=C(CNc1cccc(C(=O)Nc2cccc(C(F)(F)F)c2)c1)NCc1ccccc1Cl. The minimum atomic E-state index is -4.50. The van der Waals surface area contributed by atoms with Crippen molar-refractivity contribution < 1.29 is 22.8 Å². The summed E-state index contributed by atoms with van der Waals surface area (Å²) in [6, 6.07) is 17.8. The molecule has 0 bridgehead atoms. The van der Waals surface area contributed by atoms with E-state index in [-0.39, 0.29) is 30.2 Å². The molecule has 0 saturated heterocycles. The molecule has 3 N–H and O–H groups in total. The molecule has 166 valence electrons. The van der Waals surface area contributed by atoms with Crippen molar-refractivity contribution in [2.75, 3.05) is 17.2 Å². The maximum Gasteiger partial charge on any atom is 0.416 e. The lowest BCUT2D eigenvalue weighted by molar-refractivity contribution is -0.137. The number of rotatable bonds is 7. The number of benzene rings is 3. The quantitative estimate of drug-likeness (QED) is 0.445. The Hall–Kier alpha value is -3.52. The average molecular weight is 462 g/mol. The fraction of sp³-hybridized carbons (Fsp3) is 0.130. The highest BCUT2D eigenvalue weighted by molar-refractivity contribution is 6.31. The van der Waals surface area contributed by atoms with Gasteiger partial charge in [-0.15, -0.1) is 0 Å². The smallest absolute Gasteiger partial charge is 0.376 e. The van der Waals surface area contributed by atoms with Gasteiger partial charge in [-0.05, 0) is 48.0 Å². The summed E-state index contributed by atoms with van der Waals surface area (Å²) in [7, 11) is 0. The van der Waals surface area contributed by atoms with Crippen LogP contribution in [0.5, 0.6) is 0 Å². The topological polar surface area (TPSA) is 70.2 Å². The van der Waals surface area contributed by atoms with Gasteiger partial charge in [-0.2, -0.15) is 13.2 Å². The Morgan fingerprint density at radius 1 is 0.875 bits per heavy atom. The third-order valence-electron chi connectivity index (χ3n) is 4.46. The largest absolute Gasteiger partial charge is 0.416 e. The van der Waals surface area contributed by atoms with Gasteiger partial charge >= 0.3 is 6.18 Å². The molecular formula is C23H19ClF3N3O2. The number of carbonyl (C=O) groups is 2. The van der Waals surface area contributed by atoms with E-state index in [4.69, 9.17) is 11.6 Å². The number of anilines is 2. The van der Waals surface area contributed by atoms with Crippen LogP contribution in [0, 0.1) is 0 Å². The van der Waals surface area contributed by atoms with Crippen LogP contribution >= 0.6 is 11.6 Å². The highest BCUT2D eigenvalue weighted by Gasteiger charge is 2.30. The third kappa shape index (κ3) is 6.49.